The van der Waals surface area contributed by atoms with Crippen LogP contribution < -0.4 is 11.1 Å². The lowest BCUT2D eigenvalue weighted by atomic mass is 10.2. The van der Waals surface area contributed by atoms with Gasteiger partial charge in [-0.1, -0.05) is 16.7 Å². The van der Waals surface area contributed by atoms with Gasteiger partial charge in [0.05, 0.1) is 17.8 Å². The van der Waals surface area contributed by atoms with Gasteiger partial charge in [-0.15, -0.1) is 5.10 Å². The molecule has 0 aliphatic heterocycles. The predicted molar refractivity (Wildman–Crippen MR) is 62.6 cm³/mol. The summed E-state index contributed by atoms with van der Waals surface area (Å²) in [6, 6.07) is 4.59. The summed E-state index contributed by atoms with van der Waals surface area (Å²) < 4.78 is 0. The van der Waals surface area contributed by atoms with Crippen LogP contribution in [0.5, 0.6) is 0 Å². The van der Waals surface area contributed by atoms with Gasteiger partial charge in [-0.05, 0) is 23.4 Å². The first kappa shape index (κ1) is 11.3. The number of halogens is 1. The van der Waals surface area contributed by atoms with Crippen molar-refractivity contribution in [2.24, 2.45) is 7.05 Å². The molecule has 7 nitrogen and oxygen atoms in total. The number of hydrogen-bond donors (Lipinski definition) is 2. The molecule has 0 aliphatic carbocycles. The maximum Gasteiger partial charge on any atom is 0.270 e. The van der Waals surface area contributed by atoms with Gasteiger partial charge in [-0.25, -0.2) is 0 Å². The number of carbonyl (C=O) groups is 1. The van der Waals surface area contributed by atoms with Crippen molar-refractivity contribution in [1.29, 1.82) is 0 Å². The molecule has 88 valence electrons. The summed E-state index contributed by atoms with van der Waals surface area (Å²) in [4.78, 5) is 13.0. The van der Waals surface area contributed by atoms with Gasteiger partial charge in [0.25, 0.3) is 11.9 Å². The highest BCUT2D eigenvalue weighted by molar-refractivity contribution is 6.33. The van der Waals surface area contributed by atoms with Gasteiger partial charge in [0.2, 0.25) is 0 Å². The number of nitrogens with zero attached hydrogens (tertiary/aromatic N) is 4. The zero-order valence-corrected chi connectivity index (χ0v) is 9.64. The normalized spacial score (nSPS) is 10.2. The van der Waals surface area contributed by atoms with E-state index in [1.165, 1.54) is 10.9 Å². The van der Waals surface area contributed by atoms with Crippen LogP contribution in [0.15, 0.2) is 18.2 Å². The highest BCUT2D eigenvalue weighted by Gasteiger charge is 2.10. The molecule has 0 saturated heterocycles. The molecule has 0 atom stereocenters. The fourth-order valence-electron chi connectivity index (χ4n) is 1.18. The Balaban J connectivity index is 2.17. The van der Waals surface area contributed by atoms with E-state index in [2.05, 4.69) is 20.7 Å². The quantitative estimate of drug-likeness (QED) is 0.767. The molecule has 0 bridgehead atoms. The monoisotopic (exact) mass is 252 g/mol. The number of nitrogens with one attached hydrogen (secondary N) is 1. The molecule has 0 aliphatic rings. The number of carbonyl (C=O) groups excluding carboxylic acids is 1. The Bertz CT molecular complexity index is 566. The molecule has 2 aromatic rings. The molecular formula is C9H9ClN6O. The second-order valence-electron chi connectivity index (χ2n) is 3.29. The number of benzene rings is 1. The van der Waals surface area contributed by atoms with Gasteiger partial charge in [0.15, 0.2) is 0 Å². The van der Waals surface area contributed by atoms with Crippen molar-refractivity contribution in [1.82, 2.24) is 20.2 Å². The summed E-state index contributed by atoms with van der Waals surface area (Å²) in [5.41, 5.74) is 6.33. The molecule has 0 saturated carbocycles. The number of tetrazole rings is 1. The Kier molecular flexibility index (Phi) is 2.92. The summed E-state index contributed by atoms with van der Waals surface area (Å²) in [7, 11) is 1.60. The summed E-state index contributed by atoms with van der Waals surface area (Å²) in [5, 5.41) is 13.8. The van der Waals surface area contributed by atoms with Gasteiger partial charge in [0, 0.05) is 5.56 Å². The van der Waals surface area contributed by atoms with Crippen LogP contribution in [0.4, 0.5) is 11.6 Å². The molecule has 0 radical (unpaired) electrons. The van der Waals surface area contributed by atoms with E-state index in [0.717, 1.165) is 0 Å². The Morgan fingerprint density at radius 3 is 2.88 bits per heavy atom. The zero-order valence-electron chi connectivity index (χ0n) is 8.88. The topological polar surface area (TPSA) is 98.7 Å². The van der Waals surface area contributed by atoms with Crippen LogP contribution in [0.3, 0.4) is 0 Å². The zero-order chi connectivity index (χ0) is 12.4. The van der Waals surface area contributed by atoms with E-state index in [-0.39, 0.29) is 11.9 Å². The molecular weight excluding hydrogens is 244 g/mol. The van der Waals surface area contributed by atoms with Crippen LogP contribution in [0.1, 0.15) is 10.4 Å². The number of hydrogen-bond acceptors (Lipinski definition) is 5. The van der Waals surface area contributed by atoms with E-state index in [1.54, 1.807) is 19.2 Å². The van der Waals surface area contributed by atoms with Gasteiger partial charge in [-0.3, -0.25) is 10.1 Å². The highest BCUT2D eigenvalue weighted by Crippen LogP contribution is 2.19. The van der Waals surface area contributed by atoms with Crippen LogP contribution in [0.2, 0.25) is 5.02 Å². The fraction of sp³-hybridized carbons (Fsp3) is 0.111. The lowest BCUT2D eigenvalue weighted by molar-refractivity contribution is 0.102. The number of aromatic nitrogens is 4. The average Bonchev–Trinajstić information content (AvgIpc) is 2.68. The largest absolute Gasteiger partial charge is 0.398 e. The van der Waals surface area contributed by atoms with Gasteiger partial charge < -0.3 is 5.73 Å². The third-order valence-corrected chi connectivity index (χ3v) is 2.32. The first-order valence-corrected chi connectivity index (χ1v) is 5.04. The van der Waals surface area contributed by atoms with Crippen LogP contribution in [0, 0.1) is 0 Å². The van der Waals surface area contributed by atoms with Crippen molar-refractivity contribution in [2.45, 2.75) is 0 Å². The molecule has 8 heteroatoms. The van der Waals surface area contributed by atoms with Crippen LogP contribution in [-0.2, 0) is 7.05 Å². The highest BCUT2D eigenvalue weighted by atomic mass is 35.5. The molecule has 1 aromatic heterocycles. The predicted octanol–water partition coefficient (Wildman–Crippen LogP) is 0.698. The Morgan fingerprint density at radius 2 is 2.29 bits per heavy atom. The summed E-state index contributed by atoms with van der Waals surface area (Å²) in [6.45, 7) is 0. The van der Waals surface area contributed by atoms with E-state index in [9.17, 15) is 4.79 Å². The molecule has 3 N–H and O–H groups in total. The molecule has 0 fully saturated rings. The second-order valence-corrected chi connectivity index (χ2v) is 3.70. The van der Waals surface area contributed by atoms with Crippen molar-refractivity contribution >= 4 is 29.1 Å². The number of anilines is 2. The minimum Gasteiger partial charge on any atom is -0.398 e. The van der Waals surface area contributed by atoms with Crippen LogP contribution >= 0.6 is 11.6 Å². The Labute approximate surface area is 102 Å². The van der Waals surface area contributed by atoms with Gasteiger partial charge in [-0.2, -0.15) is 4.80 Å². The Hall–Kier alpha value is -2.15. The van der Waals surface area contributed by atoms with Gasteiger partial charge in [0.1, 0.15) is 0 Å². The summed E-state index contributed by atoms with van der Waals surface area (Å²) in [6.07, 6.45) is 0. The number of nitrogen functional groups attached to an aromatic ring is 1. The van der Waals surface area contributed by atoms with Crippen molar-refractivity contribution in [3.63, 3.8) is 0 Å². The van der Waals surface area contributed by atoms with Crippen LogP contribution in [0.25, 0.3) is 0 Å². The molecule has 0 unspecified atom stereocenters. The maximum absolute atomic E-state index is 11.8. The molecule has 1 amide bonds. The standard InChI is InChI=1S/C9H9ClN6O/c1-16-14-9(13-15-16)12-8(17)5-2-3-7(11)6(10)4-5/h2-4H,11H2,1H3,(H,12,14,17). The summed E-state index contributed by atoms with van der Waals surface area (Å²) in [5.74, 6) is -0.245. The SMILES string of the molecule is Cn1nnc(NC(=O)c2ccc(N)c(Cl)c2)n1. The van der Waals surface area contributed by atoms with E-state index < -0.39 is 0 Å². The summed E-state index contributed by atoms with van der Waals surface area (Å²) >= 11 is 5.81. The van der Waals surface area contributed by atoms with E-state index in [4.69, 9.17) is 17.3 Å². The van der Waals surface area contributed by atoms with Crippen molar-refractivity contribution in [3.8, 4) is 0 Å². The average molecular weight is 253 g/mol. The minimum atomic E-state index is -0.375. The fourth-order valence-corrected chi connectivity index (χ4v) is 1.36. The third-order valence-electron chi connectivity index (χ3n) is 2.00. The number of amides is 1. The molecule has 2 rings (SSSR count). The molecule has 17 heavy (non-hydrogen) atoms. The molecule has 0 spiro atoms. The first-order valence-electron chi connectivity index (χ1n) is 4.66. The van der Waals surface area contributed by atoms with E-state index in [0.29, 0.717) is 16.3 Å². The Morgan fingerprint density at radius 1 is 1.53 bits per heavy atom. The lowest BCUT2D eigenvalue weighted by Gasteiger charge is -2.02. The number of nitrogens with two attached hydrogens (primary N) is 1. The first-order chi connectivity index (χ1) is 8.06. The minimum absolute atomic E-state index is 0.130. The number of rotatable bonds is 2. The second kappa shape index (κ2) is 4.38. The lowest BCUT2D eigenvalue weighted by Crippen LogP contribution is -2.13. The number of aryl methyl sites for hydroxylation is 1. The van der Waals surface area contributed by atoms with Crippen LogP contribution in [-0.4, -0.2) is 26.1 Å². The molecule has 1 aromatic carbocycles. The van der Waals surface area contributed by atoms with E-state index >= 15 is 0 Å². The molecule has 1 heterocycles. The van der Waals surface area contributed by atoms with Gasteiger partial charge >= 0.3 is 0 Å². The van der Waals surface area contributed by atoms with Crippen molar-refractivity contribution in [3.05, 3.63) is 28.8 Å². The maximum atomic E-state index is 11.8. The van der Waals surface area contributed by atoms with E-state index in [1.807, 2.05) is 0 Å². The van der Waals surface area contributed by atoms with Crippen molar-refractivity contribution < 1.29 is 4.79 Å². The van der Waals surface area contributed by atoms with Crippen molar-refractivity contribution in [2.75, 3.05) is 11.1 Å². The third kappa shape index (κ3) is 2.51. The smallest absolute Gasteiger partial charge is 0.270 e.